The summed E-state index contributed by atoms with van der Waals surface area (Å²) in [5, 5.41) is 13.1. The van der Waals surface area contributed by atoms with Crippen LogP contribution in [0, 0.1) is 17.1 Å². The molecule has 0 bridgehead atoms. The SMILES string of the molecule is N#Cc1cnn2c(/C=C\c3ccc(F)cc3)ccnc12. The van der Waals surface area contributed by atoms with E-state index in [9.17, 15) is 4.39 Å². The van der Waals surface area contributed by atoms with Gasteiger partial charge >= 0.3 is 0 Å². The average molecular weight is 264 g/mol. The Kier molecular flexibility index (Phi) is 2.98. The summed E-state index contributed by atoms with van der Waals surface area (Å²) < 4.78 is 14.4. The third kappa shape index (κ3) is 2.15. The van der Waals surface area contributed by atoms with Gasteiger partial charge in [-0.15, -0.1) is 0 Å². The molecule has 0 atom stereocenters. The van der Waals surface area contributed by atoms with Gasteiger partial charge in [0, 0.05) is 6.20 Å². The van der Waals surface area contributed by atoms with Crippen molar-refractivity contribution in [2.75, 3.05) is 0 Å². The van der Waals surface area contributed by atoms with Crippen LogP contribution in [-0.2, 0) is 0 Å². The van der Waals surface area contributed by atoms with Gasteiger partial charge in [-0.2, -0.15) is 10.4 Å². The molecule has 0 fully saturated rings. The van der Waals surface area contributed by atoms with Gasteiger partial charge in [0.2, 0.25) is 0 Å². The van der Waals surface area contributed by atoms with Gasteiger partial charge in [0.15, 0.2) is 5.65 Å². The summed E-state index contributed by atoms with van der Waals surface area (Å²) >= 11 is 0. The molecule has 5 heteroatoms. The first kappa shape index (κ1) is 12.1. The minimum absolute atomic E-state index is 0.265. The molecule has 0 aliphatic carbocycles. The molecule has 96 valence electrons. The minimum atomic E-state index is -0.265. The number of halogens is 1. The van der Waals surface area contributed by atoms with Crippen molar-refractivity contribution in [3.8, 4) is 6.07 Å². The van der Waals surface area contributed by atoms with Gasteiger partial charge in [0.1, 0.15) is 17.4 Å². The molecule has 1 aromatic carbocycles. The molecule has 0 aliphatic rings. The van der Waals surface area contributed by atoms with Crippen LogP contribution in [0.4, 0.5) is 4.39 Å². The van der Waals surface area contributed by atoms with Crippen molar-refractivity contribution < 1.29 is 4.39 Å². The first-order valence-corrected chi connectivity index (χ1v) is 5.94. The molecule has 0 unspecified atom stereocenters. The topological polar surface area (TPSA) is 54.0 Å². The number of hydrogen-bond donors (Lipinski definition) is 0. The predicted molar refractivity (Wildman–Crippen MR) is 73.0 cm³/mol. The lowest BCUT2D eigenvalue weighted by atomic mass is 10.2. The molecular formula is C15H9FN4. The van der Waals surface area contributed by atoms with Crippen LogP contribution in [0.3, 0.4) is 0 Å². The van der Waals surface area contributed by atoms with Gasteiger partial charge in [-0.1, -0.05) is 18.2 Å². The number of hydrogen-bond acceptors (Lipinski definition) is 3. The van der Waals surface area contributed by atoms with Gasteiger partial charge in [-0.05, 0) is 29.8 Å². The Morgan fingerprint density at radius 1 is 1.15 bits per heavy atom. The summed E-state index contributed by atoms with van der Waals surface area (Å²) in [5.41, 5.74) is 2.63. The Balaban J connectivity index is 2.01. The summed E-state index contributed by atoms with van der Waals surface area (Å²) in [6.45, 7) is 0. The maximum Gasteiger partial charge on any atom is 0.173 e. The van der Waals surface area contributed by atoms with Gasteiger partial charge < -0.3 is 0 Å². The lowest BCUT2D eigenvalue weighted by Crippen LogP contribution is -1.94. The van der Waals surface area contributed by atoms with E-state index in [2.05, 4.69) is 10.1 Å². The van der Waals surface area contributed by atoms with Gasteiger partial charge in [-0.3, -0.25) is 0 Å². The number of fused-ring (bicyclic) bond motifs is 1. The van der Waals surface area contributed by atoms with Crippen LogP contribution < -0.4 is 0 Å². The third-order valence-corrected chi connectivity index (χ3v) is 2.87. The Morgan fingerprint density at radius 2 is 1.95 bits per heavy atom. The van der Waals surface area contributed by atoms with Gasteiger partial charge in [0.25, 0.3) is 0 Å². The quantitative estimate of drug-likeness (QED) is 0.715. The summed E-state index contributed by atoms with van der Waals surface area (Å²) in [5.74, 6) is -0.265. The predicted octanol–water partition coefficient (Wildman–Crippen LogP) is 2.91. The fourth-order valence-electron chi connectivity index (χ4n) is 1.87. The van der Waals surface area contributed by atoms with Crippen molar-refractivity contribution in [2.45, 2.75) is 0 Å². The number of rotatable bonds is 2. The van der Waals surface area contributed by atoms with Crippen LogP contribution in [0.1, 0.15) is 16.8 Å². The molecule has 3 rings (SSSR count). The Bertz CT molecular complexity index is 825. The van der Waals surface area contributed by atoms with Crippen molar-refractivity contribution in [2.24, 2.45) is 0 Å². The summed E-state index contributed by atoms with van der Waals surface area (Å²) in [6.07, 6.45) is 6.80. The van der Waals surface area contributed by atoms with Crippen molar-refractivity contribution in [3.63, 3.8) is 0 Å². The fraction of sp³-hybridized carbons (Fsp3) is 0. The highest BCUT2D eigenvalue weighted by atomic mass is 19.1. The van der Waals surface area contributed by atoms with E-state index in [0.717, 1.165) is 11.3 Å². The second-order valence-corrected chi connectivity index (χ2v) is 4.16. The van der Waals surface area contributed by atoms with Crippen LogP contribution in [-0.4, -0.2) is 14.6 Å². The molecule has 4 nitrogen and oxygen atoms in total. The molecular weight excluding hydrogens is 255 g/mol. The molecule has 0 spiro atoms. The summed E-state index contributed by atoms with van der Waals surface area (Å²) in [7, 11) is 0. The zero-order valence-electron chi connectivity index (χ0n) is 10.4. The molecule has 0 amide bonds. The van der Waals surface area contributed by atoms with Crippen LogP contribution in [0.25, 0.3) is 17.8 Å². The summed E-state index contributed by atoms with van der Waals surface area (Å²) in [6, 6.07) is 10.0. The lowest BCUT2D eigenvalue weighted by Gasteiger charge is -1.98. The van der Waals surface area contributed by atoms with E-state index in [0.29, 0.717) is 11.2 Å². The first-order chi connectivity index (χ1) is 9.78. The van der Waals surface area contributed by atoms with Crippen LogP contribution >= 0.6 is 0 Å². The number of benzene rings is 1. The van der Waals surface area contributed by atoms with Crippen LogP contribution in [0.5, 0.6) is 0 Å². The van der Waals surface area contributed by atoms with E-state index in [-0.39, 0.29) is 5.82 Å². The maximum atomic E-state index is 12.8. The van der Waals surface area contributed by atoms with Crippen molar-refractivity contribution in [1.29, 1.82) is 5.26 Å². The molecule has 2 aromatic heterocycles. The number of nitrogens with zero attached hydrogens (tertiary/aromatic N) is 4. The van der Waals surface area contributed by atoms with Crippen molar-refractivity contribution in [1.82, 2.24) is 14.6 Å². The van der Waals surface area contributed by atoms with Crippen molar-refractivity contribution in [3.05, 3.63) is 65.4 Å². The third-order valence-electron chi connectivity index (χ3n) is 2.87. The molecule has 2 heterocycles. The standard InChI is InChI=1S/C15H9FN4/c16-13-4-1-11(2-5-13)3-6-14-7-8-18-15-12(9-17)10-19-20(14)15/h1-8,10H/b6-3-. The van der Waals surface area contributed by atoms with E-state index >= 15 is 0 Å². The highest BCUT2D eigenvalue weighted by Gasteiger charge is 2.05. The molecule has 3 aromatic rings. The highest BCUT2D eigenvalue weighted by molar-refractivity contribution is 5.69. The maximum absolute atomic E-state index is 12.8. The normalized spacial score (nSPS) is 11.0. The molecule has 0 N–H and O–H groups in total. The molecule has 0 saturated carbocycles. The lowest BCUT2D eigenvalue weighted by molar-refractivity contribution is 0.628. The van der Waals surface area contributed by atoms with Crippen LogP contribution in [0.2, 0.25) is 0 Å². The zero-order valence-corrected chi connectivity index (χ0v) is 10.4. The molecule has 0 radical (unpaired) electrons. The van der Waals surface area contributed by atoms with E-state index < -0.39 is 0 Å². The van der Waals surface area contributed by atoms with E-state index in [1.54, 1.807) is 28.9 Å². The Morgan fingerprint density at radius 3 is 2.70 bits per heavy atom. The largest absolute Gasteiger partial charge is 0.236 e. The first-order valence-electron chi connectivity index (χ1n) is 5.94. The van der Waals surface area contributed by atoms with Crippen molar-refractivity contribution >= 4 is 17.8 Å². The summed E-state index contributed by atoms with van der Waals surface area (Å²) in [4.78, 5) is 4.13. The van der Waals surface area contributed by atoms with E-state index in [4.69, 9.17) is 5.26 Å². The average Bonchev–Trinajstić information content (AvgIpc) is 2.90. The smallest absolute Gasteiger partial charge is 0.173 e. The monoisotopic (exact) mass is 264 g/mol. The number of aromatic nitrogens is 3. The van der Waals surface area contributed by atoms with E-state index in [1.807, 2.05) is 18.2 Å². The second-order valence-electron chi connectivity index (χ2n) is 4.16. The van der Waals surface area contributed by atoms with Crippen LogP contribution in [0.15, 0.2) is 42.7 Å². The van der Waals surface area contributed by atoms with Gasteiger partial charge in [0.05, 0.1) is 11.9 Å². The molecule has 20 heavy (non-hydrogen) atoms. The number of nitriles is 1. The highest BCUT2D eigenvalue weighted by Crippen LogP contribution is 2.12. The zero-order chi connectivity index (χ0) is 13.9. The molecule has 0 aliphatic heterocycles. The van der Waals surface area contributed by atoms with Gasteiger partial charge in [-0.25, -0.2) is 13.9 Å². The van der Waals surface area contributed by atoms with E-state index in [1.165, 1.54) is 18.3 Å². The fourth-order valence-corrected chi connectivity index (χ4v) is 1.87. The molecule has 0 saturated heterocycles. The Hall–Kier alpha value is -3.00. The second kappa shape index (κ2) is 4.94. The minimum Gasteiger partial charge on any atom is -0.236 e. The Labute approximate surface area is 114 Å².